The van der Waals surface area contributed by atoms with Crippen LogP contribution in [0.4, 0.5) is 4.39 Å². The van der Waals surface area contributed by atoms with E-state index in [4.69, 9.17) is 10.5 Å². The van der Waals surface area contributed by atoms with Crippen LogP contribution in [0.1, 0.15) is 73.2 Å². The minimum absolute atomic E-state index is 0.170. The number of carbonyl (C=O) groups is 1. The highest BCUT2D eigenvalue weighted by molar-refractivity contribution is 5.94. The topological polar surface area (TPSA) is 107 Å². The molecule has 8 heteroatoms. The van der Waals surface area contributed by atoms with Crippen molar-refractivity contribution in [2.45, 2.75) is 66.3 Å². The number of fused-ring (bicyclic) bond motifs is 5. The zero-order chi connectivity index (χ0) is 24.2. The monoisotopic (exact) mass is 453 g/mol. The number of nitrogens with zero attached hydrogens (tertiary/aromatic N) is 2. The van der Waals surface area contributed by atoms with Gasteiger partial charge in [0.05, 0.1) is 29.0 Å². The molecule has 0 radical (unpaired) electrons. The SMILES string of the molecule is CC.CC.Cc1c(F)cc2nc3c(c4c2c1CC4N)Cn1c-3cc2c(c1=O)COC(=O)C2O. The number of nitrogens with two attached hydrogens (primary N) is 1. The second kappa shape index (κ2) is 8.35. The summed E-state index contributed by atoms with van der Waals surface area (Å²) in [6, 6.07) is 2.71. The molecule has 2 atom stereocenters. The molecule has 7 nitrogen and oxygen atoms in total. The van der Waals surface area contributed by atoms with E-state index < -0.39 is 12.1 Å². The average Bonchev–Trinajstić information content (AvgIpc) is 3.37. The molecule has 174 valence electrons. The minimum Gasteiger partial charge on any atom is -0.458 e. The lowest BCUT2D eigenvalue weighted by atomic mass is 9.98. The van der Waals surface area contributed by atoms with Gasteiger partial charge < -0.3 is 20.1 Å². The number of aliphatic hydroxyl groups excluding tert-OH is 1. The largest absolute Gasteiger partial charge is 0.458 e. The van der Waals surface area contributed by atoms with Crippen LogP contribution in [0.15, 0.2) is 16.9 Å². The van der Waals surface area contributed by atoms with Gasteiger partial charge in [-0.15, -0.1) is 0 Å². The Labute approximate surface area is 191 Å². The summed E-state index contributed by atoms with van der Waals surface area (Å²) in [7, 11) is 0. The molecule has 6 rings (SSSR count). The summed E-state index contributed by atoms with van der Waals surface area (Å²) in [5, 5.41) is 11.1. The van der Waals surface area contributed by atoms with E-state index in [1.54, 1.807) is 17.6 Å². The number of carbonyl (C=O) groups excluding carboxylic acids is 1. The molecular formula is C25H28FN3O4. The van der Waals surface area contributed by atoms with Crippen LogP contribution in [0.25, 0.3) is 22.3 Å². The molecule has 0 saturated heterocycles. The van der Waals surface area contributed by atoms with E-state index in [0.29, 0.717) is 35.4 Å². The molecule has 0 spiro atoms. The molecule has 0 fully saturated rings. The molecule has 0 bridgehead atoms. The van der Waals surface area contributed by atoms with Crippen molar-refractivity contribution in [1.82, 2.24) is 9.55 Å². The van der Waals surface area contributed by atoms with Gasteiger partial charge in [-0.05, 0) is 36.1 Å². The van der Waals surface area contributed by atoms with Crippen molar-refractivity contribution in [3.05, 3.63) is 61.7 Å². The lowest BCUT2D eigenvalue weighted by Gasteiger charge is -2.21. The highest BCUT2D eigenvalue weighted by Crippen LogP contribution is 2.45. The van der Waals surface area contributed by atoms with Crippen molar-refractivity contribution in [2.24, 2.45) is 5.73 Å². The first-order chi connectivity index (χ1) is 15.9. The molecule has 2 aliphatic heterocycles. The number of aromatic nitrogens is 2. The van der Waals surface area contributed by atoms with Gasteiger partial charge in [-0.3, -0.25) is 4.79 Å². The van der Waals surface area contributed by atoms with Crippen molar-refractivity contribution >= 4 is 16.9 Å². The van der Waals surface area contributed by atoms with Crippen molar-refractivity contribution in [2.75, 3.05) is 0 Å². The van der Waals surface area contributed by atoms with Gasteiger partial charge in [0.25, 0.3) is 5.56 Å². The Kier molecular flexibility index (Phi) is 5.84. The number of ether oxygens (including phenoxy) is 1. The van der Waals surface area contributed by atoms with E-state index in [1.165, 1.54) is 6.07 Å². The number of benzene rings is 1. The Morgan fingerprint density at radius 3 is 2.55 bits per heavy atom. The van der Waals surface area contributed by atoms with Gasteiger partial charge in [-0.25, -0.2) is 14.2 Å². The van der Waals surface area contributed by atoms with Crippen LogP contribution in [0.2, 0.25) is 0 Å². The van der Waals surface area contributed by atoms with Gasteiger partial charge >= 0.3 is 5.97 Å². The van der Waals surface area contributed by atoms with Crippen molar-refractivity contribution in [3.63, 3.8) is 0 Å². The summed E-state index contributed by atoms with van der Waals surface area (Å²) in [5.74, 6) is -1.12. The lowest BCUT2D eigenvalue weighted by molar-refractivity contribution is -0.157. The van der Waals surface area contributed by atoms with Crippen LogP contribution in [-0.4, -0.2) is 20.6 Å². The van der Waals surface area contributed by atoms with Crippen LogP contribution >= 0.6 is 0 Å². The third-order valence-electron chi connectivity index (χ3n) is 6.41. The van der Waals surface area contributed by atoms with Crippen LogP contribution in [0, 0.1) is 12.7 Å². The van der Waals surface area contributed by atoms with Gasteiger partial charge in [0.15, 0.2) is 6.10 Å². The van der Waals surface area contributed by atoms with E-state index in [9.17, 15) is 19.1 Å². The molecule has 4 heterocycles. The Bertz CT molecular complexity index is 1360. The van der Waals surface area contributed by atoms with Gasteiger partial charge in [0, 0.05) is 28.6 Å². The molecule has 3 aliphatic rings. The Hall–Kier alpha value is -3.10. The van der Waals surface area contributed by atoms with Gasteiger partial charge in [0.2, 0.25) is 0 Å². The third kappa shape index (κ3) is 3.12. The molecular weight excluding hydrogens is 425 g/mol. The number of cyclic esters (lactones) is 1. The molecule has 3 aromatic rings. The maximum absolute atomic E-state index is 14.5. The normalized spacial score (nSPS) is 19.0. The second-order valence-corrected chi connectivity index (χ2v) is 7.88. The van der Waals surface area contributed by atoms with Crippen molar-refractivity contribution < 1.29 is 19.0 Å². The fraction of sp³-hybridized carbons (Fsp3) is 0.400. The van der Waals surface area contributed by atoms with Crippen LogP contribution in [0.5, 0.6) is 0 Å². The number of halogens is 1. The molecule has 2 aromatic heterocycles. The van der Waals surface area contributed by atoms with Crippen LogP contribution in [0.3, 0.4) is 0 Å². The fourth-order valence-corrected chi connectivity index (χ4v) is 4.96. The smallest absolute Gasteiger partial charge is 0.340 e. The molecule has 2 unspecified atom stereocenters. The number of hydrogen-bond donors (Lipinski definition) is 2. The van der Waals surface area contributed by atoms with Crippen molar-refractivity contribution in [1.29, 1.82) is 0 Å². The van der Waals surface area contributed by atoms with E-state index in [-0.39, 0.29) is 35.2 Å². The highest BCUT2D eigenvalue weighted by Gasteiger charge is 2.37. The first kappa shape index (κ1) is 23.1. The summed E-state index contributed by atoms with van der Waals surface area (Å²) in [6.45, 7) is 9.87. The summed E-state index contributed by atoms with van der Waals surface area (Å²) >= 11 is 0. The average molecular weight is 454 g/mol. The molecule has 1 aliphatic carbocycles. The van der Waals surface area contributed by atoms with E-state index in [2.05, 4.69) is 4.98 Å². The third-order valence-corrected chi connectivity index (χ3v) is 6.41. The van der Waals surface area contributed by atoms with Crippen molar-refractivity contribution in [3.8, 4) is 11.4 Å². The molecule has 0 amide bonds. The summed E-state index contributed by atoms with van der Waals surface area (Å²) in [5.41, 5.74) is 11.3. The zero-order valence-electron chi connectivity index (χ0n) is 19.5. The first-order valence-corrected chi connectivity index (χ1v) is 11.4. The second-order valence-electron chi connectivity index (χ2n) is 7.88. The van der Waals surface area contributed by atoms with Gasteiger partial charge in [-0.2, -0.15) is 0 Å². The number of esters is 1. The number of aliphatic hydroxyl groups is 1. The Morgan fingerprint density at radius 1 is 1.15 bits per heavy atom. The number of pyridine rings is 2. The summed E-state index contributed by atoms with van der Waals surface area (Å²) in [6.07, 6.45) is -0.984. The van der Waals surface area contributed by atoms with E-state index >= 15 is 0 Å². The first-order valence-electron chi connectivity index (χ1n) is 11.4. The predicted molar refractivity (Wildman–Crippen MR) is 123 cm³/mol. The molecule has 0 saturated carbocycles. The Morgan fingerprint density at radius 2 is 1.85 bits per heavy atom. The minimum atomic E-state index is -1.51. The predicted octanol–water partition coefficient (Wildman–Crippen LogP) is 3.57. The van der Waals surface area contributed by atoms with Crippen LogP contribution in [-0.2, 0) is 29.1 Å². The quantitative estimate of drug-likeness (QED) is 0.394. The molecule has 3 N–H and O–H groups in total. The fourth-order valence-electron chi connectivity index (χ4n) is 4.96. The standard InChI is InChI=1S/C21H16FN3O4.2C2H6/c1-7-8-2-13(23)16-10-5-25-15(18(10)24-14(17(8)16)4-12(7)22)3-9-11(20(25)27)6-29-21(28)19(9)26;2*1-2/h3-4,13,19,26H,2,5-6,23H2,1H3;2*1-2H3. The lowest BCUT2D eigenvalue weighted by Crippen LogP contribution is -2.32. The van der Waals surface area contributed by atoms with E-state index in [0.717, 1.165) is 22.1 Å². The molecule has 33 heavy (non-hydrogen) atoms. The zero-order valence-corrected chi connectivity index (χ0v) is 19.5. The summed E-state index contributed by atoms with van der Waals surface area (Å²) < 4.78 is 20.9. The maximum atomic E-state index is 14.5. The van der Waals surface area contributed by atoms with Crippen LogP contribution < -0.4 is 11.3 Å². The van der Waals surface area contributed by atoms with Gasteiger partial charge in [-0.1, -0.05) is 27.7 Å². The number of rotatable bonds is 0. The van der Waals surface area contributed by atoms with E-state index in [1.807, 2.05) is 27.7 Å². The Balaban J connectivity index is 0.000000617. The number of hydrogen-bond acceptors (Lipinski definition) is 6. The molecule has 1 aromatic carbocycles. The van der Waals surface area contributed by atoms with Gasteiger partial charge in [0.1, 0.15) is 12.4 Å². The highest BCUT2D eigenvalue weighted by atomic mass is 19.1. The maximum Gasteiger partial charge on any atom is 0.340 e. The summed E-state index contributed by atoms with van der Waals surface area (Å²) in [4.78, 5) is 29.5.